The molecule has 0 fully saturated rings. The number of carboxylic acids is 1. The molecule has 1 unspecified atom stereocenters. The van der Waals surface area contributed by atoms with Crippen molar-refractivity contribution in [2.75, 3.05) is 13.7 Å². The normalized spacial score (nSPS) is 15.7. The summed E-state index contributed by atoms with van der Waals surface area (Å²) in [5.41, 5.74) is 5.18. The fourth-order valence-corrected chi connectivity index (χ4v) is 5.05. The lowest BCUT2D eigenvalue weighted by Gasteiger charge is -2.30. The van der Waals surface area contributed by atoms with Gasteiger partial charge in [0.15, 0.2) is 0 Å². The number of nitrogens with zero attached hydrogens (tertiary/aromatic N) is 2. The van der Waals surface area contributed by atoms with E-state index in [1.54, 1.807) is 26.3 Å². The zero-order valence-electron chi connectivity index (χ0n) is 22.8. The summed E-state index contributed by atoms with van der Waals surface area (Å²) >= 11 is 0. The van der Waals surface area contributed by atoms with Crippen LogP contribution in [0.3, 0.4) is 0 Å². The zero-order chi connectivity index (χ0) is 27.4. The van der Waals surface area contributed by atoms with Gasteiger partial charge in [-0.15, -0.1) is 0 Å². The molecule has 0 saturated carbocycles. The van der Waals surface area contributed by atoms with Gasteiger partial charge in [0.05, 0.1) is 13.0 Å². The van der Waals surface area contributed by atoms with E-state index in [2.05, 4.69) is 30.7 Å². The second-order valence-corrected chi connectivity index (χ2v) is 10.3. The first-order valence-corrected chi connectivity index (χ1v) is 13.3. The smallest absolute Gasteiger partial charge is 0.306 e. The highest BCUT2D eigenvalue weighted by Crippen LogP contribution is 2.39. The Kier molecular flexibility index (Phi) is 8.67. The molecule has 1 aliphatic heterocycles. The second-order valence-electron chi connectivity index (χ2n) is 10.3. The zero-order valence-corrected chi connectivity index (χ0v) is 22.8. The van der Waals surface area contributed by atoms with E-state index in [1.807, 2.05) is 36.4 Å². The van der Waals surface area contributed by atoms with Gasteiger partial charge in [-0.1, -0.05) is 26.0 Å². The summed E-state index contributed by atoms with van der Waals surface area (Å²) in [6.07, 6.45) is 3.09. The lowest BCUT2D eigenvalue weighted by molar-refractivity contribution is -0.141. The highest BCUT2D eigenvalue weighted by Gasteiger charge is 2.27. The Labute approximate surface area is 224 Å². The predicted molar refractivity (Wildman–Crippen MR) is 146 cm³/mol. The summed E-state index contributed by atoms with van der Waals surface area (Å²) in [5.74, 6) is -0.442. The minimum Gasteiger partial charge on any atom is -0.485 e. The van der Waals surface area contributed by atoms with E-state index in [4.69, 9.17) is 9.47 Å². The lowest BCUT2D eigenvalue weighted by Crippen LogP contribution is -2.30. The van der Waals surface area contributed by atoms with Crippen LogP contribution in [0.15, 0.2) is 48.7 Å². The van der Waals surface area contributed by atoms with Crippen LogP contribution in [0.5, 0.6) is 11.6 Å². The molecule has 38 heavy (non-hydrogen) atoms. The number of methoxy groups -OCH3 is 1. The van der Waals surface area contributed by atoms with Crippen LogP contribution in [0, 0.1) is 11.7 Å². The largest absolute Gasteiger partial charge is 0.485 e. The van der Waals surface area contributed by atoms with Gasteiger partial charge in [-0.2, -0.15) is 0 Å². The monoisotopic (exact) mass is 520 g/mol. The highest BCUT2D eigenvalue weighted by molar-refractivity contribution is 5.70. The van der Waals surface area contributed by atoms with Crippen molar-refractivity contribution >= 4 is 5.97 Å². The van der Waals surface area contributed by atoms with Gasteiger partial charge in [-0.25, -0.2) is 9.37 Å². The van der Waals surface area contributed by atoms with Crippen LogP contribution in [-0.2, 0) is 24.2 Å². The molecule has 6 nitrogen and oxygen atoms in total. The quantitative estimate of drug-likeness (QED) is 0.331. The Balaban J connectivity index is 1.70. The van der Waals surface area contributed by atoms with E-state index in [-0.39, 0.29) is 5.82 Å². The molecule has 1 aromatic heterocycles. The van der Waals surface area contributed by atoms with Crippen LogP contribution in [0.2, 0.25) is 0 Å². The number of hydrogen-bond acceptors (Lipinski definition) is 5. The van der Waals surface area contributed by atoms with Crippen molar-refractivity contribution in [1.82, 2.24) is 9.88 Å². The number of benzene rings is 2. The molecule has 0 spiro atoms. The Bertz CT molecular complexity index is 1290. The third kappa shape index (κ3) is 6.16. The van der Waals surface area contributed by atoms with Gasteiger partial charge in [0.1, 0.15) is 17.7 Å². The van der Waals surface area contributed by atoms with Crippen LogP contribution >= 0.6 is 0 Å². The molecule has 7 heteroatoms. The van der Waals surface area contributed by atoms with Gasteiger partial charge >= 0.3 is 5.97 Å². The van der Waals surface area contributed by atoms with Crippen LogP contribution in [0.1, 0.15) is 62.5 Å². The molecule has 1 N–H and O–H groups in total. The maximum atomic E-state index is 15.8. The standard InChI is InChI=1S/C31H37FN2O4/c1-6-34(19(2)3)18-24-15-26(27(32)17-25(24)23-11-12-33-30(16-23)37-5)28-10-9-22-8-7-21(14-29(22)38-28)13-20(4)31(35)36/h7-8,11-12,14-17,19-20,28H,6,9-10,13,18H2,1-5H3,(H,35,36)/t20-,28?/m0/s1. The molecule has 0 amide bonds. The van der Waals surface area contributed by atoms with Crippen molar-refractivity contribution < 1.29 is 23.8 Å². The molecular formula is C31H37FN2O4. The molecule has 1 aliphatic rings. The number of pyridine rings is 1. The van der Waals surface area contributed by atoms with Crippen molar-refractivity contribution in [2.45, 2.75) is 65.6 Å². The fourth-order valence-electron chi connectivity index (χ4n) is 5.05. The molecule has 3 aromatic rings. The number of carbonyl (C=O) groups is 1. The Morgan fingerprint density at radius 3 is 2.68 bits per heavy atom. The minimum atomic E-state index is -0.828. The third-order valence-electron chi connectivity index (χ3n) is 7.37. The molecule has 202 valence electrons. The van der Waals surface area contributed by atoms with Crippen LogP contribution < -0.4 is 9.47 Å². The minimum absolute atomic E-state index is 0.309. The van der Waals surface area contributed by atoms with Gasteiger partial charge in [0.2, 0.25) is 5.88 Å². The number of ether oxygens (including phenoxy) is 2. The van der Waals surface area contributed by atoms with Crippen molar-refractivity contribution in [3.05, 3.63) is 76.7 Å². The Morgan fingerprint density at radius 2 is 2.00 bits per heavy atom. The number of halogens is 1. The Morgan fingerprint density at radius 1 is 1.21 bits per heavy atom. The molecular weight excluding hydrogens is 483 g/mol. The van der Waals surface area contributed by atoms with E-state index in [1.165, 1.54) is 0 Å². The SMILES string of the molecule is CCN(Cc1cc(C2CCc3ccc(C[C@H](C)C(=O)O)cc3O2)c(F)cc1-c1ccnc(OC)c1)C(C)C. The lowest BCUT2D eigenvalue weighted by atomic mass is 9.91. The average Bonchev–Trinajstić information content (AvgIpc) is 2.91. The van der Waals surface area contributed by atoms with E-state index >= 15 is 4.39 Å². The first-order valence-electron chi connectivity index (χ1n) is 13.3. The molecule has 2 atom stereocenters. The predicted octanol–water partition coefficient (Wildman–Crippen LogP) is 6.46. The summed E-state index contributed by atoms with van der Waals surface area (Å²) in [6, 6.07) is 13.5. The number of carboxylic acid groups (broad SMARTS) is 1. The Hall–Kier alpha value is -3.45. The molecule has 0 saturated heterocycles. The average molecular weight is 521 g/mol. The molecule has 0 bridgehead atoms. The van der Waals surface area contributed by atoms with E-state index in [0.717, 1.165) is 40.8 Å². The first kappa shape index (κ1) is 27.6. The molecule has 0 aliphatic carbocycles. The number of hydrogen-bond donors (Lipinski definition) is 1. The number of rotatable bonds is 10. The van der Waals surface area contributed by atoms with Gasteiger partial charge in [-0.05, 0) is 91.7 Å². The van der Waals surface area contributed by atoms with E-state index in [0.29, 0.717) is 42.6 Å². The summed E-state index contributed by atoms with van der Waals surface area (Å²) < 4.78 is 27.5. The van der Waals surface area contributed by atoms with Crippen molar-refractivity contribution in [3.63, 3.8) is 0 Å². The molecule has 0 radical (unpaired) electrons. The number of aromatic nitrogens is 1. The summed E-state index contributed by atoms with van der Waals surface area (Å²) in [7, 11) is 1.57. The van der Waals surface area contributed by atoms with Crippen LogP contribution in [0.25, 0.3) is 11.1 Å². The van der Waals surface area contributed by atoms with E-state index < -0.39 is 18.0 Å². The van der Waals surface area contributed by atoms with Gasteiger partial charge in [-0.3, -0.25) is 9.69 Å². The van der Waals surface area contributed by atoms with Gasteiger partial charge in [0.25, 0.3) is 0 Å². The number of aryl methyl sites for hydroxylation is 1. The van der Waals surface area contributed by atoms with Crippen molar-refractivity contribution in [1.29, 1.82) is 0 Å². The molecule has 2 aromatic carbocycles. The summed E-state index contributed by atoms with van der Waals surface area (Å²) in [6.45, 7) is 9.68. The maximum Gasteiger partial charge on any atom is 0.306 e. The topological polar surface area (TPSA) is 71.9 Å². The van der Waals surface area contributed by atoms with Crippen molar-refractivity contribution in [3.8, 4) is 22.8 Å². The number of aliphatic carboxylic acids is 1. The fraction of sp³-hybridized carbons (Fsp3) is 0.419. The van der Waals surface area contributed by atoms with Crippen molar-refractivity contribution in [2.24, 2.45) is 5.92 Å². The van der Waals surface area contributed by atoms with Crippen LogP contribution in [0.4, 0.5) is 4.39 Å². The summed E-state index contributed by atoms with van der Waals surface area (Å²) in [4.78, 5) is 17.9. The summed E-state index contributed by atoms with van der Waals surface area (Å²) in [5, 5.41) is 9.29. The highest BCUT2D eigenvalue weighted by atomic mass is 19.1. The third-order valence-corrected chi connectivity index (χ3v) is 7.37. The molecule has 4 rings (SSSR count). The second kappa shape index (κ2) is 11.9. The van der Waals surface area contributed by atoms with Gasteiger partial charge in [0, 0.05) is 30.4 Å². The number of fused-ring (bicyclic) bond motifs is 1. The first-order chi connectivity index (χ1) is 18.2. The van der Waals surface area contributed by atoms with Gasteiger partial charge < -0.3 is 14.6 Å². The maximum absolute atomic E-state index is 15.8. The van der Waals surface area contributed by atoms with E-state index in [9.17, 15) is 9.90 Å². The molecule has 2 heterocycles. The van der Waals surface area contributed by atoms with Crippen LogP contribution in [-0.4, -0.2) is 40.7 Å².